The van der Waals surface area contributed by atoms with Crippen molar-refractivity contribution in [1.82, 2.24) is 4.90 Å². The van der Waals surface area contributed by atoms with Crippen LogP contribution in [0.4, 0.5) is 5.69 Å². The standard InChI is InChI=1S/C20H26N2O2/c1-23-19-9-5-16(6-10-19)14-22-13-3-4-18(15-22)21-17-7-11-20(24-2)12-8-17/h5-12,18,21H,3-4,13-15H2,1-2H3. The second-order valence-electron chi connectivity index (χ2n) is 6.30. The van der Waals surface area contributed by atoms with Gasteiger partial charge in [-0.15, -0.1) is 0 Å². The van der Waals surface area contributed by atoms with Gasteiger partial charge in [0, 0.05) is 24.8 Å². The molecule has 24 heavy (non-hydrogen) atoms. The first-order chi connectivity index (χ1) is 11.8. The molecule has 4 nitrogen and oxygen atoms in total. The molecule has 4 heteroatoms. The molecule has 1 saturated heterocycles. The predicted molar refractivity (Wildman–Crippen MR) is 97.9 cm³/mol. The molecule has 0 bridgehead atoms. The van der Waals surface area contributed by atoms with Crippen LogP contribution in [0.2, 0.25) is 0 Å². The largest absolute Gasteiger partial charge is 0.497 e. The number of hydrogen-bond acceptors (Lipinski definition) is 4. The predicted octanol–water partition coefficient (Wildman–Crippen LogP) is 3.78. The minimum Gasteiger partial charge on any atom is -0.497 e. The Bertz CT molecular complexity index is 570. The van der Waals surface area contributed by atoms with E-state index in [2.05, 4.69) is 34.5 Å². The summed E-state index contributed by atoms with van der Waals surface area (Å²) in [4.78, 5) is 2.52. The molecule has 1 aliphatic rings. The van der Waals surface area contributed by atoms with Crippen LogP contribution in [-0.2, 0) is 6.54 Å². The minimum absolute atomic E-state index is 0.491. The summed E-state index contributed by atoms with van der Waals surface area (Å²) in [6, 6.07) is 17.0. The number of anilines is 1. The van der Waals surface area contributed by atoms with Crippen molar-refractivity contribution in [3.8, 4) is 11.5 Å². The number of nitrogens with one attached hydrogen (secondary N) is 1. The molecule has 0 spiro atoms. The van der Waals surface area contributed by atoms with Gasteiger partial charge in [0.05, 0.1) is 14.2 Å². The Labute approximate surface area is 144 Å². The van der Waals surface area contributed by atoms with E-state index in [1.807, 2.05) is 24.3 Å². The minimum atomic E-state index is 0.491. The van der Waals surface area contributed by atoms with Crippen LogP contribution in [0.1, 0.15) is 18.4 Å². The van der Waals surface area contributed by atoms with Gasteiger partial charge in [0.25, 0.3) is 0 Å². The van der Waals surface area contributed by atoms with Gasteiger partial charge in [-0.1, -0.05) is 12.1 Å². The average Bonchev–Trinajstić information content (AvgIpc) is 2.63. The third kappa shape index (κ3) is 4.42. The third-order valence-corrected chi connectivity index (χ3v) is 4.53. The second-order valence-corrected chi connectivity index (χ2v) is 6.30. The van der Waals surface area contributed by atoms with Gasteiger partial charge in [-0.3, -0.25) is 4.90 Å². The number of ether oxygens (including phenoxy) is 2. The average molecular weight is 326 g/mol. The van der Waals surface area contributed by atoms with Crippen molar-refractivity contribution in [2.75, 3.05) is 32.6 Å². The Kier molecular flexibility index (Phi) is 5.59. The van der Waals surface area contributed by atoms with Crippen LogP contribution in [-0.4, -0.2) is 38.3 Å². The van der Waals surface area contributed by atoms with Crippen LogP contribution in [0.25, 0.3) is 0 Å². The molecule has 1 atom stereocenters. The quantitative estimate of drug-likeness (QED) is 0.876. The molecular formula is C20H26N2O2. The Morgan fingerprint density at radius 3 is 2.21 bits per heavy atom. The second kappa shape index (κ2) is 8.06. The van der Waals surface area contributed by atoms with Crippen LogP contribution in [0.5, 0.6) is 11.5 Å². The van der Waals surface area contributed by atoms with E-state index in [0.717, 1.165) is 36.8 Å². The molecule has 1 N–H and O–H groups in total. The molecule has 0 amide bonds. The van der Waals surface area contributed by atoms with Gasteiger partial charge in [-0.05, 0) is 61.3 Å². The zero-order valence-corrected chi connectivity index (χ0v) is 14.5. The van der Waals surface area contributed by atoms with E-state index in [1.54, 1.807) is 14.2 Å². The van der Waals surface area contributed by atoms with Gasteiger partial charge in [-0.25, -0.2) is 0 Å². The number of nitrogens with zero attached hydrogens (tertiary/aromatic N) is 1. The Balaban J connectivity index is 1.54. The van der Waals surface area contributed by atoms with E-state index >= 15 is 0 Å². The summed E-state index contributed by atoms with van der Waals surface area (Å²) in [5, 5.41) is 3.65. The fourth-order valence-electron chi connectivity index (χ4n) is 3.23. The topological polar surface area (TPSA) is 33.7 Å². The molecule has 1 fully saturated rings. The van der Waals surface area contributed by atoms with E-state index in [1.165, 1.54) is 18.4 Å². The number of methoxy groups -OCH3 is 2. The lowest BCUT2D eigenvalue weighted by molar-refractivity contribution is 0.208. The van der Waals surface area contributed by atoms with E-state index in [9.17, 15) is 0 Å². The first-order valence-electron chi connectivity index (χ1n) is 8.52. The lowest BCUT2D eigenvalue weighted by atomic mass is 10.0. The van der Waals surface area contributed by atoms with E-state index in [4.69, 9.17) is 9.47 Å². The maximum absolute atomic E-state index is 5.23. The van der Waals surface area contributed by atoms with Crippen molar-refractivity contribution in [3.63, 3.8) is 0 Å². The van der Waals surface area contributed by atoms with Crippen LogP contribution < -0.4 is 14.8 Å². The van der Waals surface area contributed by atoms with Gasteiger partial charge in [0.2, 0.25) is 0 Å². The summed E-state index contributed by atoms with van der Waals surface area (Å²) in [5.74, 6) is 1.81. The molecule has 1 unspecified atom stereocenters. The van der Waals surface area contributed by atoms with Gasteiger partial charge in [0.1, 0.15) is 11.5 Å². The normalized spacial score (nSPS) is 18.2. The van der Waals surface area contributed by atoms with Crippen LogP contribution in [0.3, 0.4) is 0 Å². The lowest BCUT2D eigenvalue weighted by Gasteiger charge is -2.33. The van der Waals surface area contributed by atoms with E-state index < -0.39 is 0 Å². The Hall–Kier alpha value is -2.20. The maximum atomic E-state index is 5.23. The Morgan fingerprint density at radius 1 is 0.958 bits per heavy atom. The molecule has 2 aromatic rings. The number of benzene rings is 2. The smallest absolute Gasteiger partial charge is 0.119 e. The summed E-state index contributed by atoms with van der Waals surface area (Å²) in [7, 11) is 3.40. The summed E-state index contributed by atoms with van der Waals surface area (Å²) in [6.07, 6.45) is 2.44. The molecule has 0 aromatic heterocycles. The van der Waals surface area contributed by atoms with Crippen molar-refractivity contribution in [1.29, 1.82) is 0 Å². The molecule has 0 saturated carbocycles. The highest BCUT2D eigenvalue weighted by Crippen LogP contribution is 2.21. The first kappa shape index (κ1) is 16.7. The van der Waals surface area contributed by atoms with E-state index in [0.29, 0.717) is 6.04 Å². The van der Waals surface area contributed by atoms with Crippen LogP contribution in [0, 0.1) is 0 Å². The molecule has 2 aromatic carbocycles. The van der Waals surface area contributed by atoms with Crippen LogP contribution >= 0.6 is 0 Å². The lowest BCUT2D eigenvalue weighted by Crippen LogP contribution is -2.41. The fraction of sp³-hybridized carbons (Fsp3) is 0.400. The highest BCUT2D eigenvalue weighted by molar-refractivity contribution is 5.47. The molecule has 1 aliphatic heterocycles. The van der Waals surface area contributed by atoms with Crippen molar-refractivity contribution in [2.24, 2.45) is 0 Å². The molecular weight excluding hydrogens is 300 g/mol. The highest BCUT2D eigenvalue weighted by atomic mass is 16.5. The molecule has 0 aliphatic carbocycles. The summed E-state index contributed by atoms with van der Waals surface area (Å²) < 4.78 is 10.4. The summed E-state index contributed by atoms with van der Waals surface area (Å²) in [5.41, 5.74) is 2.49. The number of piperidine rings is 1. The number of likely N-dealkylation sites (tertiary alicyclic amines) is 1. The SMILES string of the molecule is COc1ccc(CN2CCCC(Nc3ccc(OC)cc3)C2)cc1. The zero-order valence-electron chi connectivity index (χ0n) is 14.5. The third-order valence-electron chi connectivity index (χ3n) is 4.53. The summed E-state index contributed by atoms with van der Waals surface area (Å²) in [6.45, 7) is 3.22. The van der Waals surface area contributed by atoms with Crippen molar-refractivity contribution >= 4 is 5.69 Å². The number of rotatable bonds is 6. The van der Waals surface area contributed by atoms with Gasteiger partial charge < -0.3 is 14.8 Å². The van der Waals surface area contributed by atoms with Crippen molar-refractivity contribution in [3.05, 3.63) is 54.1 Å². The zero-order chi connectivity index (χ0) is 16.8. The van der Waals surface area contributed by atoms with Crippen LogP contribution in [0.15, 0.2) is 48.5 Å². The fourth-order valence-corrected chi connectivity index (χ4v) is 3.23. The number of hydrogen-bond donors (Lipinski definition) is 1. The van der Waals surface area contributed by atoms with Gasteiger partial charge >= 0.3 is 0 Å². The first-order valence-corrected chi connectivity index (χ1v) is 8.52. The maximum Gasteiger partial charge on any atom is 0.119 e. The van der Waals surface area contributed by atoms with Gasteiger partial charge in [-0.2, -0.15) is 0 Å². The monoisotopic (exact) mass is 326 g/mol. The van der Waals surface area contributed by atoms with Gasteiger partial charge in [0.15, 0.2) is 0 Å². The van der Waals surface area contributed by atoms with Crippen molar-refractivity contribution < 1.29 is 9.47 Å². The van der Waals surface area contributed by atoms with E-state index in [-0.39, 0.29) is 0 Å². The molecule has 128 valence electrons. The summed E-state index contributed by atoms with van der Waals surface area (Å²) >= 11 is 0. The molecule has 3 rings (SSSR count). The molecule has 0 radical (unpaired) electrons. The highest BCUT2D eigenvalue weighted by Gasteiger charge is 2.19. The Morgan fingerprint density at radius 2 is 1.58 bits per heavy atom. The van der Waals surface area contributed by atoms with Crippen molar-refractivity contribution in [2.45, 2.75) is 25.4 Å². The molecule has 1 heterocycles.